The van der Waals surface area contributed by atoms with E-state index in [1.165, 1.54) is 0 Å². The minimum absolute atomic E-state index is 0.584. The monoisotopic (exact) mass is 344 g/mol. The van der Waals surface area contributed by atoms with E-state index in [2.05, 4.69) is 15.2 Å². The van der Waals surface area contributed by atoms with Gasteiger partial charge < -0.3 is 4.57 Å². The van der Waals surface area contributed by atoms with Crippen molar-refractivity contribution in [3.63, 3.8) is 0 Å². The average Bonchev–Trinajstić information content (AvgIpc) is 2.97. The molecule has 1 atom stereocenters. The lowest BCUT2D eigenvalue weighted by Crippen LogP contribution is -2.02. The highest BCUT2D eigenvalue weighted by Crippen LogP contribution is 2.21. The second-order valence-electron chi connectivity index (χ2n) is 4.79. The molecule has 0 unspecified atom stereocenters. The molecule has 0 radical (unpaired) electrons. The van der Waals surface area contributed by atoms with E-state index >= 15 is 0 Å². The van der Waals surface area contributed by atoms with Crippen LogP contribution in [0.1, 0.15) is 0 Å². The van der Waals surface area contributed by atoms with Crippen LogP contribution in [0.4, 0.5) is 0 Å². The first-order chi connectivity index (χ1) is 11.3. The second-order valence-corrected chi connectivity index (χ2v) is 7.42. The maximum Gasteiger partial charge on any atom is 0.191 e. The maximum atomic E-state index is 12.2. The number of hydrogen-bond donors (Lipinski definition) is 0. The van der Waals surface area contributed by atoms with E-state index in [1.807, 2.05) is 60.1 Å². The number of hydrogen-bond acceptors (Lipinski definition) is 5. The van der Waals surface area contributed by atoms with Gasteiger partial charge in [0.2, 0.25) is 0 Å². The summed E-state index contributed by atoms with van der Waals surface area (Å²) in [6.45, 7) is 0. The molecule has 118 valence electrons. The minimum atomic E-state index is -0.983. The van der Waals surface area contributed by atoms with Crippen LogP contribution in [0.5, 0.6) is 0 Å². The molecule has 3 rings (SSSR count). The third kappa shape index (κ3) is 3.86. The topological polar surface area (TPSA) is 60.7 Å². The zero-order valence-electron chi connectivity index (χ0n) is 12.6. The Bertz CT molecular complexity index is 790. The van der Waals surface area contributed by atoms with Crippen LogP contribution >= 0.6 is 11.8 Å². The van der Waals surface area contributed by atoms with Gasteiger partial charge in [0.05, 0.1) is 10.8 Å². The molecule has 0 saturated heterocycles. The van der Waals surface area contributed by atoms with E-state index in [-0.39, 0.29) is 0 Å². The van der Waals surface area contributed by atoms with E-state index in [4.69, 9.17) is 0 Å². The summed E-state index contributed by atoms with van der Waals surface area (Å²) in [6, 6.07) is 15.2. The number of rotatable bonds is 6. The van der Waals surface area contributed by atoms with Gasteiger partial charge >= 0.3 is 0 Å². The normalized spacial score (nSPS) is 12.2. The van der Waals surface area contributed by atoms with Crippen molar-refractivity contribution in [2.24, 2.45) is 7.05 Å². The van der Waals surface area contributed by atoms with Gasteiger partial charge in [0.25, 0.3) is 0 Å². The molecule has 0 bridgehead atoms. The third-order valence-electron chi connectivity index (χ3n) is 3.23. The molecule has 5 nitrogen and oxygen atoms in total. The van der Waals surface area contributed by atoms with Crippen molar-refractivity contribution >= 4 is 22.6 Å². The average molecular weight is 344 g/mol. The molecule has 0 aliphatic carbocycles. The summed E-state index contributed by atoms with van der Waals surface area (Å²) in [6.07, 6.45) is 1.74. The summed E-state index contributed by atoms with van der Waals surface area (Å²) in [5, 5.41) is 9.20. The van der Waals surface area contributed by atoms with Gasteiger partial charge in [0, 0.05) is 29.6 Å². The van der Waals surface area contributed by atoms with Gasteiger partial charge in [-0.1, -0.05) is 36.0 Å². The van der Waals surface area contributed by atoms with Gasteiger partial charge in [0.1, 0.15) is 5.69 Å². The van der Waals surface area contributed by atoms with Crippen LogP contribution in [0.3, 0.4) is 0 Å². The van der Waals surface area contributed by atoms with Crippen molar-refractivity contribution in [3.8, 4) is 11.5 Å². The fourth-order valence-electron chi connectivity index (χ4n) is 2.06. The van der Waals surface area contributed by atoms with Crippen molar-refractivity contribution in [1.29, 1.82) is 0 Å². The zero-order chi connectivity index (χ0) is 16.1. The summed E-state index contributed by atoms with van der Waals surface area (Å²) >= 11 is 1.55. The summed E-state index contributed by atoms with van der Waals surface area (Å²) in [5.41, 5.74) is 0.794. The van der Waals surface area contributed by atoms with Crippen LogP contribution < -0.4 is 0 Å². The van der Waals surface area contributed by atoms with Crippen molar-refractivity contribution < 1.29 is 4.21 Å². The molecule has 0 fully saturated rings. The van der Waals surface area contributed by atoms with E-state index in [9.17, 15) is 4.21 Å². The molecule has 0 amide bonds. The highest BCUT2D eigenvalue weighted by Gasteiger charge is 2.12. The lowest BCUT2D eigenvalue weighted by molar-refractivity contribution is 0.684. The molecule has 3 aromatic rings. The van der Waals surface area contributed by atoms with Crippen LogP contribution in [0.25, 0.3) is 11.5 Å². The smallest absolute Gasteiger partial charge is 0.191 e. The fraction of sp³-hybridized carbons (Fsp3) is 0.188. The first-order valence-corrected chi connectivity index (χ1v) is 9.43. The molecule has 23 heavy (non-hydrogen) atoms. The number of aromatic nitrogens is 4. The lowest BCUT2D eigenvalue weighted by Gasteiger charge is -2.04. The van der Waals surface area contributed by atoms with E-state index in [1.54, 1.807) is 18.0 Å². The highest BCUT2D eigenvalue weighted by molar-refractivity contribution is 8.00. The lowest BCUT2D eigenvalue weighted by atomic mass is 10.3. The van der Waals surface area contributed by atoms with Crippen molar-refractivity contribution in [2.75, 3.05) is 11.5 Å². The number of thioether (sulfide) groups is 1. The van der Waals surface area contributed by atoms with Crippen molar-refractivity contribution in [3.05, 3.63) is 54.7 Å². The largest absolute Gasteiger partial charge is 0.304 e. The molecule has 0 aliphatic rings. The van der Waals surface area contributed by atoms with Crippen LogP contribution in [0.15, 0.2) is 64.8 Å². The molecule has 2 aromatic heterocycles. The Morgan fingerprint density at radius 1 is 1.09 bits per heavy atom. The van der Waals surface area contributed by atoms with Crippen LogP contribution in [-0.2, 0) is 17.8 Å². The molecule has 7 heteroatoms. The molecule has 0 aliphatic heterocycles. The van der Waals surface area contributed by atoms with E-state index in [0.717, 1.165) is 27.3 Å². The predicted molar refractivity (Wildman–Crippen MR) is 92.7 cm³/mol. The van der Waals surface area contributed by atoms with Crippen molar-refractivity contribution in [1.82, 2.24) is 19.7 Å². The van der Waals surface area contributed by atoms with Crippen LogP contribution in [0.2, 0.25) is 0 Å². The van der Waals surface area contributed by atoms with Gasteiger partial charge in [0.15, 0.2) is 11.0 Å². The zero-order valence-corrected chi connectivity index (χ0v) is 14.3. The molecule has 0 spiro atoms. The number of pyridine rings is 1. The van der Waals surface area contributed by atoms with Gasteiger partial charge in [-0.2, -0.15) is 0 Å². The Labute approximate surface area is 141 Å². The molecule has 2 heterocycles. The minimum Gasteiger partial charge on any atom is -0.304 e. The Hall–Kier alpha value is -1.99. The predicted octanol–water partition coefficient (Wildman–Crippen LogP) is 2.78. The Balaban J connectivity index is 1.61. The first-order valence-electron chi connectivity index (χ1n) is 7.13. The van der Waals surface area contributed by atoms with Gasteiger partial charge in [-0.15, -0.1) is 10.2 Å². The SMILES string of the molecule is Cn1c(SCC[S@](=O)c2ccccc2)nnc1-c1ccccn1. The molecule has 0 saturated carbocycles. The number of nitrogens with zero attached hydrogens (tertiary/aromatic N) is 4. The number of benzene rings is 1. The van der Waals surface area contributed by atoms with E-state index in [0.29, 0.717) is 5.75 Å². The van der Waals surface area contributed by atoms with Crippen LogP contribution in [-0.4, -0.2) is 35.5 Å². The molecular formula is C16H16N4OS2. The van der Waals surface area contributed by atoms with Gasteiger partial charge in [-0.05, 0) is 24.3 Å². The Morgan fingerprint density at radius 3 is 2.61 bits per heavy atom. The van der Waals surface area contributed by atoms with Crippen LogP contribution in [0, 0.1) is 0 Å². The van der Waals surface area contributed by atoms with E-state index < -0.39 is 10.8 Å². The summed E-state index contributed by atoms with van der Waals surface area (Å²) in [4.78, 5) is 5.15. The van der Waals surface area contributed by atoms with Gasteiger partial charge in [-0.25, -0.2) is 0 Å². The maximum absolute atomic E-state index is 12.2. The quantitative estimate of drug-likeness (QED) is 0.644. The third-order valence-corrected chi connectivity index (χ3v) is 5.89. The Kier molecular flexibility index (Phi) is 5.19. The molecular weight excluding hydrogens is 328 g/mol. The van der Waals surface area contributed by atoms with Gasteiger partial charge in [-0.3, -0.25) is 9.19 Å². The standard InChI is InChI=1S/C16H16N4OS2/c1-20-15(14-9-5-6-10-17-14)18-19-16(20)22-11-12-23(21)13-7-3-2-4-8-13/h2-10H,11-12H2,1H3/t23-/m0/s1. The summed E-state index contributed by atoms with van der Waals surface area (Å²) < 4.78 is 14.1. The summed E-state index contributed by atoms with van der Waals surface area (Å²) in [5.74, 6) is 2.04. The fourth-order valence-corrected chi connectivity index (χ4v) is 4.25. The second kappa shape index (κ2) is 7.52. The Morgan fingerprint density at radius 2 is 1.87 bits per heavy atom. The summed E-state index contributed by atoms with van der Waals surface area (Å²) in [7, 11) is 0.934. The highest BCUT2D eigenvalue weighted by atomic mass is 32.2. The molecule has 1 aromatic carbocycles. The van der Waals surface area contributed by atoms with Crippen molar-refractivity contribution in [2.45, 2.75) is 10.1 Å². The first kappa shape index (κ1) is 15.9. The molecule has 0 N–H and O–H groups in total.